The summed E-state index contributed by atoms with van der Waals surface area (Å²) in [5, 5.41) is 8.61. The van der Waals surface area contributed by atoms with Crippen LogP contribution in [0, 0.1) is 0 Å². The molecule has 4 heteroatoms. The molecule has 1 N–H and O–H groups in total. The highest BCUT2D eigenvalue weighted by Crippen LogP contribution is 2.40. The molecule has 0 unspecified atom stereocenters. The average molecular weight is 798 g/mol. The maximum atomic E-state index is 8.61. The Balaban J connectivity index is 0. The second-order valence-electron chi connectivity index (χ2n) is 17.9. The fraction of sp³-hybridized carbons (Fsp3) is 1.00. The van der Waals surface area contributed by atoms with E-state index in [-0.39, 0.29) is 0 Å². The Kier molecular flexibility index (Phi) is 48.1. The fourth-order valence-electron chi connectivity index (χ4n) is 8.71. The van der Waals surface area contributed by atoms with E-state index in [4.69, 9.17) is 9.22 Å². The lowest BCUT2D eigenvalue weighted by Crippen LogP contribution is -2.51. The van der Waals surface area contributed by atoms with E-state index >= 15 is 0 Å². The van der Waals surface area contributed by atoms with Crippen LogP contribution in [0.25, 0.3) is 0 Å². The molecular formula is C50H108O2Si2. The van der Waals surface area contributed by atoms with Gasteiger partial charge in [0.15, 0.2) is 16.6 Å². The third-order valence-corrected chi connectivity index (χ3v) is 23.4. The smallest absolute Gasteiger partial charge is 0.179 e. The van der Waals surface area contributed by atoms with Gasteiger partial charge in [0.25, 0.3) is 0 Å². The monoisotopic (exact) mass is 797 g/mol. The molecule has 0 aromatic carbocycles. The molecule has 328 valence electrons. The molecular weight excluding hydrogens is 689 g/mol. The van der Waals surface area contributed by atoms with E-state index in [0.29, 0.717) is 6.61 Å². The predicted octanol–water partition coefficient (Wildman–Crippen LogP) is 19.1. The Hall–Kier alpha value is 0.354. The number of unbranched alkanes of at least 4 members (excludes halogenated alkanes) is 29. The van der Waals surface area contributed by atoms with Crippen LogP contribution in [0.4, 0.5) is 0 Å². The van der Waals surface area contributed by atoms with Crippen molar-refractivity contribution in [3.8, 4) is 0 Å². The number of rotatable bonds is 44. The van der Waals surface area contributed by atoms with Crippen LogP contribution in [-0.4, -0.2) is 28.3 Å². The number of hydrogen-bond donors (Lipinski definition) is 1. The summed E-state index contributed by atoms with van der Waals surface area (Å²) in [6.45, 7) is 16.9. The lowest BCUT2D eigenvalue weighted by Gasteiger charge is -2.44. The van der Waals surface area contributed by atoms with Crippen molar-refractivity contribution in [2.75, 3.05) is 6.61 Å². The largest absolute Gasteiger partial charge is 0.455 e. The molecule has 0 aliphatic heterocycles. The standard InChI is InChI=1S/C36H78OSi2.C14H30O/c1-7-13-19-25-31-38(32-26-20-14-8-2,33-27-21-15-9-3)37-39(34-28-22-16-10-4,35-29-23-17-11-5)36-30-24-18-12-6;1-2-3-4-5-6-7-8-9-10-11-12-13-14-15/h7-36H2,1-6H3;15H,2-14H2,1H3. The zero-order valence-electron chi connectivity index (χ0n) is 39.3. The van der Waals surface area contributed by atoms with Crippen LogP contribution in [-0.2, 0) is 4.12 Å². The van der Waals surface area contributed by atoms with Gasteiger partial charge in [-0.15, -0.1) is 0 Å². The van der Waals surface area contributed by atoms with Gasteiger partial charge in [-0.2, -0.15) is 0 Å². The third-order valence-electron chi connectivity index (χ3n) is 12.4. The van der Waals surface area contributed by atoms with Gasteiger partial charge < -0.3 is 9.22 Å². The molecule has 54 heavy (non-hydrogen) atoms. The molecule has 0 rings (SSSR count). The summed E-state index contributed by atoms with van der Waals surface area (Å²) in [5.41, 5.74) is 0. The van der Waals surface area contributed by atoms with Crippen LogP contribution in [0.15, 0.2) is 0 Å². The van der Waals surface area contributed by atoms with Crippen molar-refractivity contribution < 1.29 is 9.22 Å². The molecule has 2 nitrogen and oxygen atoms in total. The molecule has 0 aromatic rings. The molecule has 0 saturated heterocycles. The highest BCUT2D eigenvalue weighted by molar-refractivity contribution is 6.87. The van der Waals surface area contributed by atoms with Crippen molar-refractivity contribution in [2.24, 2.45) is 0 Å². The zero-order chi connectivity index (χ0) is 40.1. The average Bonchev–Trinajstić information content (AvgIpc) is 3.18. The van der Waals surface area contributed by atoms with E-state index in [1.54, 1.807) is 0 Å². The van der Waals surface area contributed by atoms with Crippen LogP contribution in [0.1, 0.15) is 280 Å². The molecule has 0 radical (unpaired) electrons. The number of hydrogen-bond acceptors (Lipinski definition) is 2. The van der Waals surface area contributed by atoms with Crippen LogP contribution in [0.2, 0.25) is 36.3 Å². The Morgan fingerprint density at radius 3 is 0.593 bits per heavy atom. The first-order valence-corrected chi connectivity index (χ1v) is 30.9. The predicted molar refractivity (Wildman–Crippen MR) is 254 cm³/mol. The summed E-state index contributed by atoms with van der Waals surface area (Å²) >= 11 is 0. The molecule has 0 atom stereocenters. The summed E-state index contributed by atoms with van der Waals surface area (Å²) in [7, 11) is -3.45. The maximum absolute atomic E-state index is 8.61. The summed E-state index contributed by atoms with van der Waals surface area (Å²) in [4.78, 5) is 0. The Morgan fingerprint density at radius 2 is 0.407 bits per heavy atom. The van der Waals surface area contributed by atoms with Crippen molar-refractivity contribution in [1.29, 1.82) is 0 Å². The zero-order valence-corrected chi connectivity index (χ0v) is 41.3. The Bertz CT molecular complexity index is 554. The van der Waals surface area contributed by atoms with Crippen LogP contribution < -0.4 is 0 Å². The molecule has 0 aromatic heterocycles. The van der Waals surface area contributed by atoms with E-state index in [9.17, 15) is 0 Å². The molecule has 0 aliphatic carbocycles. The first-order valence-electron chi connectivity index (χ1n) is 25.8. The van der Waals surface area contributed by atoms with E-state index in [1.807, 2.05) is 0 Å². The molecule has 0 amide bonds. The Morgan fingerprint density at radius 1 is 0.241 bits per heavy atom. The topological polar surface area (TPSA) is 29.5 Å². The van der Waals surface area contributed by atoms with Crippen LogP contribution in [0.3, 0.4) is 0 Å². The van der Waals surface area contributed by atoms with Gasteiger partial charge in [-0.3, -0.25) is 0 Å². The van der Waals surface area contributed by atoms with E-state index < -0.39 is 16.6 Å². The molecule has 0 fully saturated rings. The minimum absolute atomic E-state index is 0.372. The van der Waals surface area contributed by atoms with Gasteiger partial charge in [0.1, 0.15) is 0 Å². The summed E-state index contributed by atoms with van der Waals surface area (Å²) in [6.07, 6.45) is 50.3. The second kappa shape index (κ2) is 46.0. The van der Waals surface area contributed by atoms with Crippen LogP contribution in [0.5, 0.6) is 0 Å². The van der Waals surface area contributed by atoms with E-state index in [1.165, 1.54) is 261 Å². The fourth-order valence-corrected chi connectivity index (χ4v) is 21.7. The summed E-state index contributed by atoms with van der Waals surface area (Å²) in [6, 6.07) is 8.91. The number of aliphatic hydroxyl groups excluding tert-OH is 1. The summed E-state index contributed by atoms with van der Waals surface area (Å²) in [5.74, 6) is 0. The lowest BCUT2D eigenvalue weighted by atomic mass is 10.1. The molecule has 0 aliphatic rings. The highest BCUT2D eigenvalue weighted by atomic mass is 28.4. The van der Waals surface area contributed by atoms with Gasteiger partial charge >= 0.3 is 0 Å². The van der Waals surface area contributed by atoms with Gasteiger partial charge in [0.05, 0.1) is 0 Å². The van der Waals surface area contributed by atoms with Crippen molar-refractivity contribution in [1.82, 2.24) is 0 Å². The third kappa shape index (κ3) is 37.9. The van der Waals surface area contributed by atoms with Gasteiger partial charge in [-0.05, 0) is 42.7 Å². The first kappa shape index (κ1) is 56.5. The quantitative estimate of drug-likeness (QED) is 0.0492. The van der Waals surface area contributed by atoms with Crippen molar-refractivity contribution in [3.63, 3.8) is 0 Å². The SMILES string of the molecule is CCCCCCCCCCCCCCO.CCCCCC[Si](CCCCCC)(CCCCCC)O[Si](CCCCCC)(CCCCCC)CCCCCC. The van der Waals surface area contributed by atoms with E-state index in [2.05, 4.69) is 48.5 Å². The summed E-state index contributed by atoms with van der Waals surface area (Å²) < 4.78 is 8.18. The molecule has 0 heterocycles. The minimum Gasteiger partial charge on any atom is -0.455 e. The normalized spacial score (nSPS) is 12.0. The number of aliphatic hydroxyl groups is 1. The lowest BCUT2D eigenvalue weighted by molar-refractivity contribution is 0.282. The van der Waals surface area contributed by atoms with Crippen molar-refractivity contribution in [3.05, 3.63) is 0 Å². The molecule has 0 saturated carbocycles. The van der Waals surface area contributed by atoms with Gasteiger partial charge in [-0.25, -0.2) is 0 Å². The first-order chi connectivity index (χ1) is 26.5. The molecule has 0 spiro atoms. The van der Waals surface area contributed by atoms with Crippen LogP contribution >= 0.6 is 0 Å². The van der Waals surface area contributed by atoms with Crippen molar-refractivity contribution >= 4 is 16.6 Å². The van der Waals surface area contributed by atoms with Crippen molar-refractivity contribution in [2.45, 2.75) is 316 Å². The van der Waals surface area contributed by atoms with Gasteiger partial charge in [0, 0.05) is 6.61 Å². The second-order valence-corrected chi connectivity index (χ2v) is 26.5. The Labute approximate surface area is 347 Å². The van der Waals surface area contributed by atoms with E-state index in [0.717, 1.165) is 6.42 Å². The highest BCUT2D eigenvalue weighted by Gasteiger charge is 2.43. The van der Waals surface area contributed by atoms with Gasteiger partial charge in [-0.1, -0.05) is 273 Å². The minimum atomic E-state index is -1.72. The van der Waals surface area contributed by atoms with Gasteiger partial charge in [0.2, 0.25) is 0 Å². The molecule has 0 bridgehead atoms. The maximum Gasteiger partial charge on any atom is 0.179 e.